The molecule has 0 saturated carbocycles. The van der Waals surface area contributed by atoms with Crippen LogP contribution in [-0.2, 0) is 26.7 Å². The van der Waals surface area contributed by atoms with Crippen LogP contribution in [0.4, 0.5) is 0 Å². The lowest BCUT2D eigenvalue weighted by molar-refractivity contribution is 0.0558. The first-order valence-electron chi connectivity index (χ1n) is 11.0. The van der Waals surface area contributed by atoms with Gasteiger partial charge in [0.25, 0.3) is 0 Å². The Kier molecular flexibility index (Phi) is 9.22. The third-order valence-electron chi connectivity index (χ3n) is 5.22. The van der Waals surface area contributed by atoms with Gasteiger partial charge in [0.2, 0.25) is 0 Å². The van der Waals surface area contributed by atoms with E-state index in [-0.39, 0.29) is 13.2 Å². The predicted octanol–water partition coefficient (Wildman–Crippen LogP) is 6.01. The van der Waals surface area contributed by atoms with Gasteiger partial charge in [-0.3, -0.25) is 9.46 Å². The molecule has 0 saturated heterocycles. The van der Waals surface area contributed by atoms with Gasteiger partial charge in [0, 0.05) is 13.1 Å². The number of hydrogen-bond donors (Lipinski definition) is 1. The van der Waals surface area contributed by atoms with E-state index >= 15 is 0 Å². The van der Waals surface area contributed by atoms with Crippen molar-refractivity contribution in [3.05, 3.63) is 108 Å². The van der Waals surface area contributed by atoms with Gasteiger partial charge in [-0.05, 0) is 30.5 Å². The monoisotopic (exact) mass is 453 g/mol. The summed E-state index contributed by atoms with van der Waals surface area (Å²) in [6, 6.07) is 29.2. The van der Waals surface area contributed by atoms with Gasteiger partial charge >= 0.3 is 7.60 Å². The van der Waals surface area contributed by atoms with E-state index in [4.69, 9.17) is 9.05 Å². The molecule has 0 aliphatic rings. The van der Waals surface area contributed by atoms with Gasteiger partial charge in [0.15, 0.2) is 5.85 Å². The zero-order chi connectivity index (χ0) is 22.8. The molecule has 0 fully saturated rings. The third-order valence-corrected chi connectivity index (χ3v) is 7.38. The van der Waals surface area contributed by atoms with Crippen molar-refractivity contribution in [2.75, 3.05) is 13.2 Å². The van der Waals surface area contributed by atoms with Gasteiger partial charge in [0.05, 0.1) is 19.3 Å². The third kappa shape index (κ3) is 6.38. The fourth-order valence-corrected chi connectivity index (χ4v) is 5.64. The van der Waals surface area contributed by atoms with Crippen molar-refractivity contribution >= 4 is 7.60 Å². The summed E-state index contributed by atoms with van der Waals surface area (Å²) in [5.41, 5.74) is 3.05. The molecule has 0 heterocycles. The largest absolute Gasteiger partial charge is 0.379 e. The fraction of sp³-hybridized carbons (Fsp3) is 0.308. The van der Waals surface area contributed by atoms with E-state index in [1.54, 1.807) is 13.8 Å². The first-order valence-corrected chi connectivity index (χ1v) is 12.6. The van der Waals surface area contributed by atoms with Crippen LogP contribution in [0.25, 0.3) is 0 Å². The maximum absolute atomic E-state index is 13.6. The molecule has 170 valence electrons. The van der Waals surface area contributed by atoms with Crippen molar-refractivity contribution in [1.29, 1.82) is 0 Å². The van der Waals surface area contributed by atoms with E-state index in [1.165, 1.54) is 0 Å². The molecule has 32 heavy (non-hydrogen) atoms. The maximum Gasteiger partial charge on any atom is 0.360 e. The van der Waals surface area contributed by atoms with Gasteiger partial charge < -0.3 is 14.2 Å². The van der Waals surface area contributed by atoms with Crippen LogP contribution in [-0.4, -0.2) is 29.1 Å². The molecule has 0 unspecified atom stereocenters. The molecule has 5 nitrogen and oxygen atoms in total. The van der Waals surface area contributed by atoms with Crippen LogP contribution in [0, 0.1) is 0 Å². The molecule has 1 N–H and O–H groups in total. The van der Waals surface area contributed by atoms with Crippen LogP contribution in [0.2, 0.25) is 0 Å². The zero-order valence-corrected chi connectivity index (χ0v) is 19.6. The predicted molar refractivity (Wildman–Crippen MR) is 128 cm³/mol. The molecule has 0 spiro atoms. The van der Waals surface area contributed by atoms with E-state index in [9.17, 15) is 9.67 Å². The lowest BCUT2D eigenvalue weighted by atomic mass is 10.0. The summed E-state index contributed by atoms with van der Waals surface area (Å²) < 4.78 is 24.7. The molecular formula is C26H32NO4P. The number of benzene rings is 3. The Labute approximate surface area is 191 Å². The van der Waals surface area contributed by atoms with Gasteiger partial charge in [-0.15, -0.1) is 0 Å². The minimum absolute atomic E-state index is 0.188. The van der Waals surface area contributed by atoms with Crippen LogP contribution in [0.3, 0.4) is 0 Å². The van der Waals surface area contributed by atoms with Gasteiger partial charge in [-0.25, -0.2) is 0 Å². The van der Waals surface area contributed by atoms with Crippen molar-refractivity contribution in [2.24, 2.45) is 0 Å². The Hall–Kier alpha value is -2.27. The van der Waals surface area contributed by atoms with Crippen molar-refractivity contribution in [2.45, 2.75) is 38.8 Å². The Morgan fingerprint density at radius 3 is 1.56 bits per heavy atom. The summed E-state index contributed by atoms with van der Waals surface area (Å²) in [6.45, 7) is 5.00. The normalized spacial score (nSPS) is 13.8. The number of aliphatic hydroxyl groups is 1. The minimum atomic E-state index is -3.78. The summed E-state index contributed by atoms with van der Waals surface area (Å²) in [4.78, 5) is 2.13. The van der Waals surface area contributed by atoms with Crippen LogP contribution in [0.15, 0.2) is 91.0 Å². The minimum Gasteiger partial charge on any atom is -0.379 e. The van der Waals surface area contributed by atoms with Crippen LogP contribution >= 0.6 is 7.60 Å². The molecule has 3 aromatic rings. The number of hydrogen-bond acceptors (Lipinski definition) is 5. The second-order valence-corrected chi connectivity index (χ2v) is 9.65. The van der Waals surface area contributed by atoms with Gasteiger partial charge in [-0.1, -0.05) is 91.0 Å². The highest BCUT2D eigenvalue weighted by Crippen LogP contribution is 2.57. The molecule has 3 rings (SSSR count). The SMILES string of the molecule is CCOP(=O)(OCC)[C@@H](O)[C@H](c1ccccc1)N(Cc1ccccc1)Cc1ccccc1. The first-order chi connectivity index (χ1) is 15.6. The average molecular weight is 454 g/mol. The molecule has 0 bridgehead atoms. The highest BCUT2D eigenvalue weighted by molar-refractivity contribution is 7.54. The summed E-state index contributed by atoms with van der Waals surface area (Å²) in [5.74, 6) is -1.35. The second-order valence-electron chi connectivity index (χ2n) is 7.52. The quantitative estimate of drug-likeness (QED) is 0.340. The van der Waals surface area contributed by atoms with E-state index in [2.05, 4.69) is 29.2 Å². The molecule has 0 amide bonds. The summed E-state index contributed by atoms with van der Waals surface area (Å²) in [6.07, 6.45) is 0. The smallest absolute Gasteiger partial charge is 0.360 e. The summed E-state index contributed by atoms with van der Waals surface area (Å²) >= 11 is 0. The van der Waals surface area contributed by atoms with E-state index in [0.717, 1.165) is 16.7 Å². The van der Waals surface area contributed by atoms with Crippen LogP contribution in [0.5, 0.6) is 0 Å². The Balaban J connectivity index is 2.06. The Morgan fingerprint density at radius 1 is 0.750 bits per heavy atom. The van der Waals surface area contributed by atoms with Crippen molar-refractivity contribution in [3.63, 3.8) is 0 Å². The van der Waals surface area contributed by atoms with Crippen molar-refractivity contribution in [3.8, 4) is 0 Å². The number of rotatable bonds is 12. The van der Waals surface area contributed by atoms with Crippen molar-refractivity contribution in [1.82, 2.24) is 4.90 Å². The highest BCUT2D eigenvalue weighted by Gasteiger charge is 2.43. The van der Waals surface area contributed by atoms with Crippen LogP contribution < -0.4 is 0 Å². The highest BCUT2D eigenvalue weighted by atomic mass is 31.2. The van der Waals surface area contributed by atoms with E-state index < -0.39 is 19.5 Å². The van der Waals surface area contributed by atoms with Gasteiger partial charge in [0.1, 0.15) is 0 Å². The summed E-state index contributed by atoms with van der Waals surface area (Å²) in [5, 5.41) is 11.5. The molecule has 0 aliphatic heterocycles. The van der Waals surface area contributed by atoms with E-state index in [1.807, 2.05) is 66.7 Å². The number of nitrogens with zero attached hydrogens (tertiary/aromatic N) is 1. The molecule has 0 aliphatic carbocycles. The Bertz CT molecular complexity index is 917. The maximum atomic E-state index is 13.6. The standard InChI is InChI=1S/C26H32NO4P/c1-3-30-32(29,31-4-2)26(28)25(24-18-12-7-13-19-24)27(20-22-14-8-5-9-15-22)21-23-16-10-6-11-17-23/h5-19,25-26,28H,3-4,20-21H2,1-2H3/t25-,26+/m0/s1. The first kappa shape index (κ1) is 24.4. The fourth-order valence-electron chi connectivity index (χ4n) is 3.83. The topological polar surface area (TPSA) is 59.0 Å². The lowest BCUT2D eigenvalue weighted by Gasteiger charge is -2.37. The second kappa shape index (κ2) is 12.1. The zero-order valence-electron chi connectivity index (χ0n) is 18.7. The Morgan fingerprint density at radius 2 is 1.16 bits per heavy atom. The molecule has 3 aromatic carbocycles. The molecule has 6 heteroatoms. The molecule has 0 radical (unpaired) electrons. The van der Waals surface area contributed by atoms with Gasteiger partial charge in [-0.2, -0.15) is 0 Å². The van der Waals surface area contributed by atoms with E-state index in [0.29, 0.717) is 13.1 Å². The average Bonchev–Trinajstić information content (AvgIpc) is 2.81. The lowest BCUT2D eigenvalue weighted by Crippen LogP contribution is -2.36. The molecule has 2 atom stereocenters. The van der Waals surface area contributed by atoms with Crippen molar-refractivity contribution < 1.29 is 18.7 Å². The molecule has 0 aromatic heterocycles. The summed E-state index contributed by atoms with van der Waals surface area (Å²) in [7, 11) is -3.78. The molecular weight excluding hydrogens is 421 g/mol. The van der Waals surface area contributed by atoms with Crippen LogP contribution in [0.1, 0.15) is 36.6 Å². The number of aliphatic hydroxyl groups excluding tert-OH is 1.